The minimum absolute atomic E-state index is 0.224. The zero-order valence-electron chi connectivity index (χ0n) is 13.9. The van der Waals surface area contributed by atoms with E-state index in [0.717, 1.165) is 11.1 Å². The average molecular weight is 342 g/mol. The van der Waals surface area contributed by atoms with Crippen molar-refractivity contribution in [3.63, 3.8) is 0 Å². The number of hydrogen-bond donors (Lipinski definition) is 1. The Morgan fingerprint density at radius 3 is 1.72 bits per heavy atom. The van der Waals surface area contributed by atoms with Gasteiger partial charge in [-0.15, -0.1) is 0 Å². The standard InChI is InChI=1S/C19H18O6/c1-12-3-7-14(8-4-12)18(22)24-11-16(17(20)21)25-19(23)15-9-5-13(2)6-10-15/h3-10,16H,11H2,1-2H3,(H,20,21)/t16-/m1/s1. The van der Waals surface area contributed by atoms with Crippen LogP contribution in [0.5, 0.6) is 0 Å². The molecule has 0 radical (unpaired) electrons. The van der Waals surface area contributed by atoms with Crippen molar-refractivity contribution in [2.75, 3.05) is 6.61 Å². The van der Waals surface area contributed by atoms with Crippen LogP contribution in [0.25, 0.3) is 0 Å². The van der Waals surface area contributed by atoms with Gasteiger partial charge >= 0.3 is 17.9 Å². The van der Waals surface area contributed by atoms with Crippen LogP contribution < -0.4 is 0 Å². The SMILES string of the molecule is Cc1ccc(C(=O)OC[C@@H](OC(=O)c2ccc(C)cc2)C(=O)O)cc1. The highest BCUT2D eigenvalue weighted by Crippen LogP contribution is 2.09. The maximum Gasteiger partial charge on any atom is 0.348 e. The van der Waals surface area contributed by atoms with Gasteiger partial charge in [0.2, 0.25) is 6.10 Å². The quantitative estimate of drug-likeness (QED) is 0.812. The number of carbonyl (C=O) groups excluding carboxylic acids is 2. The van der Waals surface area contributed by atoms with E-state index in [1.165, 1.54) is 12.1 Å². The van der Waals surface area contributed by atoms with E-state index in [0.29, 0.717) is 5.56 Å². The molecule has 1 atom stereocenters. The van der Waals surface area contributed by atoms with Crippen molar-refractivity contribution < 1.29 is 29.0 Å². The molecule has 1 N–H and O–H groups in total. The molecule has 0 heterocycles. The van der Waals surface area contributed by atoms with Crippen LogP contribution in [0.2, 0.25) is 0 Å². The number of esters is 2. The highest BCUT2D eigenvalue weighted by atomic mass is 16.6. The second kappa shape index (κ2) is 8.10. The molecule has 0 unspecified atom stereocenters. The third-order valence-electron chi connectivity index (χ3n) is 3.47. The van der Waals surface area contributed by atoms with Crippen molar-refractivity contribution >= 4 is 17.9 Å². The summed E-state index contributed by atoms with van der Waals surface area (Å²) in [5, 5.41) is 9.16. The maximum atomic E-state index is 12.0. The smallest absolute Gasteiger partial charge is 0.348 e. The van der Waals surface area contributed by atoms with Crippen molar-refractivity contribution in [2.45, 2.75) is 20.0 Å². The molecule has 0 bridgehead atoms. The summed E-state index contributed by atoms with van der Waals surface area (Å²) in [7, 11) is 0. The fourth-order valence-corrected chi connectivity index (χ4v) is 1.97. The van der Waals surface area contributed by atoms with E-state index in [1.807, 2.05) is 13.8 Å². The lowest BCUT2D eigenvalue weighted by Crippen LogP contribution is -2.32. The first kappa shape index (κ1) is 18.2. The molecule has 6 nitrogen and oxygen atoms in total. The number of aryl methyl sites for hydroxylation is 2. The monoisotopic (exact) mass is 342 g/mol. The number of benzene rings is 2. The number of ether oxygens (including phenoxy) is 2. The summed E-state index contributed by atoms with van der Waals surface area (Å²) in [6.07, 6.45) is -1.58. The summed E-state index contributed by atoms with van der Waals surface area (Å²) >= 11 is 0. The van der Waals surface area contributed by atoms with Crippen LogP contribution in [0.15, 0.2) is 48.5 Å². The van der Waals surface area contributed by atoms with Gasteiger partial charge in [-0.1, -0.05) is 35.4 Å². The molecule has 0 aliphatic rings. The minimum Gasteiger partial charge on any atom is -0.478 e. The number of rotatable bonds is 6. The lowest BCUT2D eigenvalue weighted by Gasteiger charge is -2.14. The predicted octanol–water partition coefficient (Wildman–Crippen LogP) is 2.77. The summed E-state index contributed by atoms with van der Waals surface area (Å²) in [4.78, 5) is 35.2. The molecule has 2 aromatic rings. The van der Waals surface area contributed by atoms with Gasteiger partial charge in [0.25, 0.3) is 0 Å². The highest BCUT2D eigenvalue weighted by molar-refractivity contribution is 5.92. The van der Waals surface area contributed by atoms with Gasteiger partial charge in [-0.05, 0) is 38.1 Å². The van der Waals surface area contributed by atoms with E-state index in [-0.39, 0.29) is 5.56 Å². The lowest BCUT2D eigenvalue weighted by molar-refractivity contribution is -0.149. The number of carbonyl (C=O) groups is 3. The summed E-state index contributed by atoms with van der Waals surface area (Å²) in [6.45, 7) is 3.17. The fraction of sp³-hybridized carbons (Fsp3) is 0.211. The van der Waals surface area contributed by atoms with Crippen LogP contribution in [0.1, 0.15) is 31.8 Å². The second-order valence-electron chi connectivity index (χ2n) is 5.56. The molecular weight excluding hydrogens is 324 g/mol. The number of carboxylic acid groups (broad SMARTS) is 1. The third kappa shape index (κ3) is 5.17. The molecule has 6 heteroatoms. The van der Waals surface area contributed by atoms with Crippen LogP contribution in [0.3, 0.4) is 0 Å². The number of aliphatic carboxylic acids is 1. The maximum absolute atomic E-state index is 12.0. The molecule has 0 amide bonds. The summed E-state index contributed by atoms with van der Waals surface area (Å²) < 4.78 is 9.88. The van der Waals surface area contributed by atoms with E-state index in [9.17, 15) is 14.4 Å². The van der Waals surface area contributed by atoms with Crippen molar-refractivity contribution in [1.82, 2.24) is 0 Å². The molecular formula is C19H18O6. The first-order valence-corrected chi connectivity index (χ1v) is 7.61. The molecule has 25 heavy (non-hydrogen) atoms. The molecule has 0 saturated heterocycles. The van der Waals surface area contributed by atoms with Crippen LogP contribution >= 0.6 is 0 Å². The summed E-state index contributed by atoms with van der Waals surface area (Å²) in [5.74, 6) is -2.87. The largest absolute Gasteiger partial charge is 0.478 e. The van der Waals surface area contributed by atoms with Crippen LogP contribution in [-0.4, -0.2) is 35.7 Å². The highest BCUT2D eigenvalue weighted by Gasteiger charge is 2.25. The number of carboxylic acids is 1. The van der Waals surface area contributed by atoms with Crippen molar-refractivity contribution in [3.8, 4) is 0 Å². The Hall–Kier alpha value is -3.15. The topological polar surface area (TPSA) is 89.9 Å². The Labute approximate surface area is 145 Å². The Bertz CT molecular complexity index is 762. The third-order valence-corrected chi connectivity index (χ3v) is 3.47. The van der Waals surface area contributed by atoms with Crippen LogP contribution in [0.4, 0.5) is 0 Å². The van der Waals surface area contributed by atoms with Gasteiger partial charge in [-0.2, -0.15) is 0 Å². The molecule has 0 spiro atoms. The van der Waals surface area contributed by atoms with Crippen molar-refractivity contribution in [3.05, 3.63) is 70.8 Å². The Balaban J connectivity index is 1.97. The predicted molar refractivity (Wildman–Crippen MR) is 89.5 cm³/mol. The van der Waals surface area contributed by atoms with Gasteiger partial charge in [0, 0.05) is 0 Å². The van der Waals surface area contributed by atoms with E-state index < -0.39 is 30.6 Å². The Kier molecular flexibility index (Phi) is 5.89. The molecule has 2 aromatic carbocycles. The Morgan fingerprint density at radius 2 is 1.28 bits per heavy atom. The van der Waals surface area contributed by atoms with Gasteiger partial charge in [0.1, 0.15) is 6.61 Å². The molecule has 0 aromatic heterocycles. The van der Waals surface area contributed by atoms with Gasteiger partial charge in [0.05, 0.1) is 11.1 Å². The van der Waals surface area contributed by atoms with Gasteiger partial charge in [-0.3, -0.25) is 0 Å². The molecule has 0 aliphatic heterocycles. The first-order valence-electron chi connectivity index (χ1n) is 7.61. The van der Waals surface area contributed by atoms with Gasteiger partial charge in [0.15, 0.2) is 0 Å². The second-order valence-corrected chi connectivity index (χ2v) is 5.56. The summed E-state index contributed by atoms with van der Waals surface area (Å²) in [5.41, 5.74) is 2.45. The minimum atomic E-state index is -1.58. The lowest BCUT2D eigenvalue weighted by atomic mass is 10.1. The molecule has 0 fully saturated rings. The van der Waals surface area contributed by atoms with E-state index >= 15 is 0 Å². The Morgan fingerprint density at radius 1 is 0.840 bits per heavy atom. The molecule has 130 valence electrons. The van der Waals surface area contributed by atoms with Crippen molar-refractivity contribution in [1.29, 1.82) is 0 Å². The van der Waals surface area contributed by atoms with Crippen LogP contribution in [-0.2, 0) is 14.3 Å². The average Bonchev–Trinajstić information content (AvgIpc) is 2.59. The summed E-state index contributed by atoms with van der Waals surface area (Å²) in [6, 6.07) is 13.1. The van der Waals surface area contributed by atoms with E-state index in [1.54, 1.807) is 36.4 Å². The van der Waals surface area contributed by atoms with Gasteiger partial charge in [-0.25, -0.2) is 14.4 Å². The van der Waals surface area contributed by atoms with E-state index in [4.69, 9.17) is 14.6 Å². The molecule has 2 rings (SSSR count). The molecule has 0 saturated carbocycles. The van der Waals surface area contributed by atoms with E-state index in [2.05, 4.69) is 0 Å². The fourth-order valence-electron chi connectivity index (χ4n) is 1.97. The number of hydrogen-bond acceptors (Lipinski definition) is 5. The normalized spacial score (nSPS) is 11.4. The van der Waals surface area contributed by atoms with Crippen molar-refractivity contribution in [2.24, 2.45) is 0 Å². The van der Waals surface area contributed by atoms with Crippen LogP contribution in [0, 0.1) is 13.8 Å². The zero-order valence-corrected chi connectivity index (χ0v) is 13.9. The van der Waals surface area contributed by atoms with Gasteiger partial charge < -0.3 is 14.6 Å². The first-order chi connectivity index (χ1) is 11.9. The molecule has 0 aliphatic carbocycles. The zero-order chi connectivity index (χ0) is 18.4.